The maximum absolute atomic E-state index is 12.0. The molecule has 2 N–H and O–H groups in total. The normalized spacial score (nSPS) is 16.0. The number of hydrogen-bond donors (Lipinski definition) is 1. The zero-order chi connectivity index (χ0) is 18.6. The van der Waals surface area contributed by atoms with Crippen LogP contribution >= 0.6 is 0 Å². The number of sulfonamides is 1. The van der Waals surface area contributed by atoms with Crippen molar-refractivity contribution in [2.45, 2.75) is 11.0 Å². The first-order valence-corrected chi connectivity index (χ1v) is 9.29. The third-order valence-electron chi connectivity index (χ3n) is 3.52. The van der Waals surface area contributed by atoms with Crippen LogP contribution in [0.15, 0.2) is 53.4 Å². The van der Waals surface area contributed by atoms with Crippen molar-refractivity contribution in [3.8, 4) is 17.2 Å². The Hall–Kier alpha value is -2.78. The molecule has 0 saturated carbocycles. The summed E-state index contributed by atoms with van der Waals surface area (Å²) in [5, 5.41) is 5.01. The Morgan fingerprint density at radius 2 is 1.77 bits per heavy atom. The number of carbonyl (C=O) groups is 1. The maximum Gasteiger partial charge on any atom is 0.351 e. The van der Waals surface area contributed by atoms with E-state index < -0.39 is 22.1 Å². The van der Waals surface area contributed by atoms with Crippen molar-refractivity contribution in [1.29, 1.82) is 0 Å². The third-order valence-corrected chi connectivity index (χ3v) is 4.45. The number of hydrogen-bond acceptors (Lipinski definition) is 7. The fourth-order valence-corrected chi connectivity index (χ4v) is 2.77. The lowest BCUT2D eigenvalue weighted by Crippen LogP contribution is -2.38. The van der Waals surface area contributed by atoms with Crippen LogP contribution in [0, 0.1) is 0 Å². The van der Waals surface area contributed by atoms with Gasteiger partial charge in [0.1, 0.15) is 25.6 Å². The summed E-state index contributed by atoms with van der Waals surface area (Å²) in [6, 6.07) is 12.7. The molecule has 1 atom stereocenters. The number of nitrogens with two attached hydrogens (primary N) is 1. The maximum atomic E-state index is 12.0. The molecule has 9 heteroatoms. The van der Waals surface area contributed by atoms with E-state index in [1.54, 1.807) is 18.2 Å². The largest absolute Gasteiger partial charge is 0.490 e. The van der Waals surface area contributed by atoms with Crippen molar-refractivity contribution in [3.63, 3.8) is 0 Å². The van der Waals surface area contributed by atoms with Crippen molar-refractivity contribution >= 4 is 16.0 Å². The highest BCUT2D eigenvalue weighted by atomic mass is 32.2. The van der Waals surface area contributed by atoms with Gasteiger partial charge in [-0.2, -0.15) is 0 Å². The zero-order valence-corrected chi connectivity index (χ0v) is 14.5. The van der Waals surface area contributed by atoms with Gasteiger partial charge in [0.25, 0.3) is 0 Å². The number of rotatable bonds is 6. The summed E-state index contributed by atoms with van der Waals surface area (Å²) in [5.41, 5.74) is 0. The lowest BCUT2D eigenvalue weighted by atomic mass is 10.2. The Morgan fingerprint density at radius 3 is 2.46 bits per heavy atom. The van der Waals surface area contributed by atoms with Crippen LogP contribution in [0.1, 0.15) is 0 Å². The van der Waals surface area contributed by atoms with Gasteiger partial charge in [-0.1, -0.05) is 12.1 Å². The topological polar surface area (TPSA) is 114 Å². The van der Waals surface area contributed by atoms with Gasteiger partial charge >= 0.3 is 5.97 Å². The van der Waals surface area contributed by atoms with Crippen LogP contribution in [0.2, 0.25) is 0 Å². The second-order valence-electron chi connectivity index (χ2n) is 5.40. The van der Waals surface area contributed by atoms with Crippen molar-refractivity contribution in [2.24, 2.45) is 5.14 Å². The van der Waals surface area contributed by atoms with Crippen LogP contribution < -0.4 is 19.3 Å². The molecule has 26 heavy (non-hydrogen) atoms. The number of para-hydroxylation sites is 2. The van der Waals surface area contributed by atoms with Crippen LogP contribution in [0.25, 0.3) is 0 Å². The summed E-state index contributed by atoms with van der Waals surface area (Å²) in [6.45, 7) is 0.188. The minimum absolute atomic E-state index is 0.00833. The number of ether oxygens (including phenoxy) is 4. The van der Waals surface area contributed by atoms with Crippen molar-refractivity contribution < 1.29 is 32.2 Å². The molecule has 0 saturated heterocycles. The molecule has 0 spiro atoms. The van der Waals surface area contributed by atoms with Crippen molar-refractivity contribution in [2.75, 3.05) is 19.8 Å². The van der Waals surface area contributed by atoms with E-state index in [1.165, 1.54) is 24.3 Å². The monoisotopic (exact) mass is 379 g/mol. The minimum Gasteiger partial charge on any atom is -0.490 e. The molecule has 138 valence electrons. The highest BCUT2D eigenvalue weighted by molar-refractivity contribution is 7.89. The molecule has 0 fully saturated rings. The molecule has 2 aromatic carbocycles. The van der Waals surface area contributed by atoms with Crippen molar-refractivity contribution in [3.05, 3.63) is 48.5 Å². The molecule has 0 bridgehead atoms. The van der Waals surface area contributed by atoms with Crippen LogP contribution in [0.5, 0.6) is 17.2 Å². The number of benzene rings is 2. The molecule has 0 radical (unpaired) electrons. The smallest absolute Gasteiger partial charge is 0.351 e. The van der Waals surface area contributed by atoms with E-state index in [0.29, 0.717) is 17.2 Å². The van der Waals surface area contributed by atoms with Crippen molar-refractivity contribution in [1.82, 2.24) is 0 Å². The first kappa shape index (κ1) is 18.0. The van der Waals surface area contributed by atoms with Gasteiger partial charge in [0, 0.05) is 0 Å². The lowest BCUT2D eigenvalue weighted by molar-refractivity contribution is -0.155. The predicted octanol–water partition coefficient (Wildman–Crippen LogP) is 1.10. The summed E-state index contributed by atoms with van der Waals surface area (Å²) < 4.78 is 43.8. The first-order chi connectivity index (χ1) is 12.4. The predicted molar refractivity (Wildman–Crippen MR) is 90.6 cm³/mol. The summed E-state index contributed by atoms with van der Waals surface area (Å²) in [4.78, 5) is 12.0. The summed E-state index contributed by atoms with van der Waals surface area (Å²) >= 11 is 0. The van der Waals surface area contributed by atoms with Crippen LogP contribution in [0.4, 0.5) is 0 Å². The second-order valence-corrected chi connectivity index (χ2v) is 6.96. The summed E-state index contributed by atoms with van der Waals surface area (Å²) in [7, 11) is -3.74. The number of esters is 1. The Balaban J connectivity index is 1.43. The van der Waals surface area contributed by atoms with Gasteiger partial charge in [-0.25, -0.2) is 18.4 Å². The Labute approximate surface area is 150 Å². The first-order valence-electron chi connectivity index (χ1n) is 7.74. The number of primary sulfonamides is 1. The van der Waals surface area contributed by atoms with Crippen LogP contribution in [-0.4, -0.2) is 40.3 Å². The van der Waals surface area contributed by atoms with E-state index in [9.17, 15) is 13.2 Å². The van der Waals surface area contributed by atoms with E-state index >= 15 is 0 Å². The Bertz CT molecular complexity index is 880. The summed E-state index contributed by atoms with van der Waals surface area (Å²) in [6.07, 6.45) is -0.834. The second kappa shape index (κ2) is 7.63. The fraction of sp³-hybridized carbons (Fsp3) is 0.235. The molecule has 0 aliphatic carbocycles. The molecule has 0 amide bonds. The van der Waals surface area contributed by atoms with Gasteiger partial charge in [-0.3, -0.25) is 0 Å². The van der Waals surface area contributed by atoms with Crippen LogP contribution in [-0.2, 0) is 19.6 Å². The molecule has 1 heterocycles. The van der Waals surface area contributed by atoms with Gasteiger partial charge in [0.2, 0.25) is 16.1 Å². The molecular weight excluding hydrogens is 362 g/mol. The highest BCUT2D eigenvalue weighted by Crippen LogP contribution is 2.31. The molecule has 2 aromatic rings. The van der Waals surface area contributed by atoms with E-state index in [2.05, 4.69) is 0 Å². The quantitative estimate of drug-likeness (QED) is 0.590. The SMILES string of the molecule is NS(=O)(=O)c1ccc(OCCOC(=O)[C@@H]2COc3ccccc3O2)cc1. The zero-order valence-electron chi connectivity index (χ0n) is 13.7. The summed E-state index contributed by atoms with van der Waals surface area (Å²) in [5.74, 6) is 0.960. The molecule has 1 aliphatic rings. The van der Waals surface area contributed by atoms with E-state index in [-0.39, 0.29) is 24.7 Å². The number of fused-ring (bicyclic) bond motifs is 1. The molecule has 0 aromatic heterocycles. The third kappa shape index (κ3) is 4.44. The van der Waals surface area contributed by atoms with Crippen LogP contribution in [0.3, 0.4) is 0 Å². The van der Waals surface area contributed by atoms with E-state index in [0.717, 1.165) is 0 Å². The van der Waals surface area contributed by atoms with Gasteiger partial charge < -0.3 is 18.9 Å². The molecular formula is C17H17NO7S. The van der Waals surface area contributed by atoms with E-state index in [4.69, 9.17) is 24.1 Å². The van der Waals surface area contributed by atoms with Gasteiger partial charge in [0.15, 0.2) is 11.5 Å². The minimum atomic E-state index is -3.74. The lowest BCUT2D eigenvalue weighted by Gasteiger charge is -2.24. The molecule has 8 nitrogen and oxygen atoms in total. The number of carbonyl (C=O) groups excluding carboxylic acids is 1. The average Bonchev–Trinajstić information content (AvgIpc) is 2.64. The van der Waals surface area contributed by atoms with Gasteiger partial charge in [-0.05, 0) is 36.4 Å². The Morgan fingerprint density at radius 1 is 1.08 bits per heavy atom. The molecule has 0 unspecified atom stereocenters. The standard InChI is InChI=1S/C17H17NO7S/c18-26(20,21)13-7-5-12(6-8-13)22-9-10-23-17(19)16-11-24-14-3-1-2-4-15(14)25-16/h1-8,16H,9-11H2,(H2,18,20,21)/t16-/m0/s1. The van der Waals surface area contributed by atoms with Gasteiger partial charge in [-0.15, -0.1) is 0 Å². The molecule has 3 rings (SSSR count). The van der Waals surface area contributed by atoms with Gasteiger partial charge in [0.05, 0.1) is 4.90 Å². The Kier molecular flexibility index (Phi) is 5.29. The highest BCUT2D eigenvalue weighted by Gasteiger charge is 2.28. The van der Waals surface area contributed by atoms with E-state index in [1.807, 2.05) is 6.07 Å². The fourth-order valence-electron chi connectivity index (χ4n) is 2.26. The molecule has 1 aliphatic heterocycles. The average molecular weight is 379 g/mol.